The molecule has 154 valence electrons. The number of allylic oxidation sites excluding steroid dienone is 2. The minimum Gasteiger partial charge on any atom is -0.300 e. The van der Waals surface area contributed by atoms with Crippen LogP contribution in [0.2, 0.25) is 0 Å². The van der Waals surface area contributed by atoms with E-state index in [1.54, 1.807) is 0 Å². The zero-order chi connectivity index (χ0) is 21.0. The summed E-state index contributed by atoms with van der Waals surface area (Å²) in [6.45, 7) is 10.3. The fourth-order valence-corrected chi connectivity index (χ4v) is 3.86. The number of benzene rings is 1. The zero-order valence-corrected chi connectivity index (χ0v) is 18.7. The van der Waals surface area contributed by atoms with Gasteiger partial charge in [-0.25, -0.2) is 0 Å². The molecular formula is C26H39NO. The average molecular weight is 382 g/mol. The number of rotatable bonds is 4. The Kier molecular flexibility index (Phi) is 10.8. The molecule has 2 saturated carbocycles. The molecule has 2 aliphatic rings. The number of hydrogen-bond acceptors (Lipinski definition) is 2. The highest BCUT2D eigenvalue weighted by molar-refractivity contribution is 5.79. The Bertz CT molecular complexity index is 672. The third-order valence-electron chi connectivity index (χ3n) is 6.26. The molecule has 1 spiro atoms. The molecule has 0 aromatic heterocycles. The quantitative estimate of drug-likeness (QED) is 0.401. The SMILES string of the molecule is C/C=C\C.CCCCCC1CC(=O)CCC12CC2.Cc1ccc(C#N)cc1C. The first-order valence-electron chi connectivity index (χ1n) is 11.0. The number of hydrogen-bond donors (Lipinski definition) is 0. The highest BCUT2D eigenvalue weighted by Gasteiger charge is 2.50. The van der Waals surface area contributed by atoms with Gasteiger partial charge in [-0.1, -0.05) is 44.4 Å². The molecule has 2 fully saturated rings. The monoisotopic (exact) mass is 381 g/mol. The molecule has 2 aliphatic carbocycles. The highest BCUT2D eigenvalue weighted by atomic mass is 16.1. The second-order valence-electron chi connectivity index (χ2n) is 8.38. The van der Waals surface area contributed by atoms with Crippen molar-refractivity contribution in [2.45, 2.75) is 92.4 Å². The Balaban J connectivity index is 0.000000245. The summed E-state index contributed by atoms with van der Waals surface area (Å²) in [6, 6.07) is 7.79. The van der Waals surface area contributed by atoms with Gasteiger partial charge in [0.2, 0.25) is 0 Å². The number of aryl methyl sites for hydroxylation is 2. The van der Waals surface area contributed by atoms with E-state index in [4.69, 9.17) is 5.26 Å². The van der Waals surface area contributed by atoms with E-state index < -0.39 is 0 Å². The van der Waals surface area contributed by atoms with E-state index in [2.05, 4.69) is 13.0 Å². The summed E-state index contributed by atoms with van der Waals surface area (Å²) in [6.07, 6.45) is 15.1. The molecule has 3 rings (SSSR count). The van der Waals surface area contributed by atoms with Crippen LogP contribution >= 0.6 is 0 Å². The fourth-order valence-electron chi connectivity index (χ4n) is 3.86. The van der Waals surface area contributed by atoms with Gasteiger partial charge in [-0.05, 0) is 88.0 Å². The number of nitriles is 1. The van der Waals surface area contributed by atoms with Gasteiger partial charge in [-0.15, -0.1) is 0 Å². The molecule has 0 saturated heterocycles. The topological polar surface area (TPSA) is 40.9 Å². The van der Waals surface area contributed by atoms with Crippen LogP contribution < -0.4 is 0 Å². The molecule has 0 aliphatic heterocycles. The van der Waals surface area contributed by atoms with Crippen LogP contribution in [0.3, 0.4) is 0 Å². The van der Waals surface area contributed by atoms with Crippen molar-refractivity contribution in [1.82, 2.24) is 0 Å². The molecule has 0 bridgehead atoms. The van der Waals surface area contributed by atoms with Gasteiger partial charge in [-0.2, -0.15) is 5.26 Å². The van der Waals surface area contributed by atoms with Crippen molar-refractivity contribution < 1.29 is 4.79 Å². The van der Waals surface area contributed by atoms with E-state index in [9.17, 15) is 4.79 Å². The lowest BCUT2D eigenvalue weighted by molar-refractivity contribution is -0.123. The standard InChI is InChI=1S/C13H22O.C9H9N.C4H8/c1-2-3-4-5-11-10-12(14)6-7-13(11)8-9-13;1-7-3-4-9(6-10)5-8(7)2;1-3-4-2/h11H,2-10H2,1H3;3-5H,1-2H3;3-4H,1-2H3/b;;4-3-. The van der Waals surface area contributed by atoms with Gasteiger partial charge in [0, 0.05) is 12.8 Å². The fraction of sp³-hybridized carbons (Fsp3) is 0.615. The number of nitrogens with zero attached hydrogens (tertiary/aromatic N) is 1. The Morgan fingerprint density at radius 3 is 2.29 bits per heavy atom. The van der Waals surface area contributed by atoms with E-state index in [0.717, 1.165) is 24.3 Å². The van der Waals surface area contributed by atoms with Gasteiger partial charge < -0.3 is 0 Å². The Morgan fingerprint density at radius 1 is 1.11 bits per heavy atom. The maximum atomic E-state index is 11.4. The maximum absolute atomic E-state index is 11.4. The molecule has 1 aromatic carbocycles. The van der Waals surface area contributed by atoms with Crippen molar-refractivity contribution in [3.05, 3.63) is 47.0 Å². The number of carbonyl (C=O) groups excluding carboxylic acids is 1. The molecule has 1 unspecified atom stereocenters. The van der Waals surface area contributed by atoms with E-state index >= 15 is 0 Å². The summed E-state index contributed by atoms with van der Waals surface area (Å²) in [5.41, 5.74) is 3.81. The molecule has 28 heavy (non-hydrogen) atoms. The molecule has 0 N–H and O–H groups in total. The molecule has 0 amide bonds. The number of Topliss-reactive ketones (excluding diaryl/α,β-unsaturated/α-hetero) is 1. The third-order valence-corrected chi connectivity index (χ3v) is 6.26. The van der Waals surface area contributed by atoms with E-state index in [0.29, 0.717) is 11.2 Å². The van der Waals surface area contributed by atoms with Crippen LogP contribution in [-0.2, 0) is 4.79 Å². The first-order chi connectivity index (χ1) is 13.4. The predicted octanol–water partition coefficient (Wildman–Crippen LogP) is 7.47. The van der Waals surface area contributed by atoms with Crippen molar-refractivity contribution in [1.29, 1.82) is 5.26 Å². The van der Waals surface area contributed by atoms with Crippen LogP contribution in [0.15, 0.2) is 30.4 Å². The Morgan fingerprint density at radius 2 is 1.79 bits per heavy atom. The van der Waals surface area contributed by atoms with Gasteiger partial charge in [0.15, 0.2) is 0 Å². The van der Waals surface area contributed by atoms with Gasteiger partial charge >= 0.3 is 0 Å². The molecular weight excluding hydrogens is 342 g/mol. The minimum absolute atomic E-state index is 0.532. The summed E-state index contributed by atoms with van der Waals surface area (Å²) in [5, 5.41) is 8.50. The Hall–Kier alpha value is -1.88. The summed E-state index contributed by atoms with van der Waals surface area (Å²) in [4.78, 5) is 11.4. The number of ketones is 1. The second kappa shape index (κ2) is 12.6. The minimum atomic E-state index is 0.532. The van der Waals surface area contributed by atoms with Crippen molar-refractivity contribution in [3.8, 4) is 6.07 Å². The van der Waals surface area contributed by atoms with Crippen molar-refractivity contribution in [2.24, 2.45) is 11.3 Å². The molecule has 1 atom stereocenters. The molecule has 1 aromatic rings. The smallest absolute Gasteiger partial charge is 0.133 e. The van der Waals surface area contributed by atoms with E-state index in [1.807, 2.05) is 58.0 Å². The first-order valence-corrected chi connectivity index (χ1v) is 11.0. The van der Waals surface area contributed by atoms with Crippen LogP contribution in [0, 0.1) is 36.5 Å². The summed E-state index contributed by atoms with van der Waals surface area (Å²) in [5.74, 6) is 1.29. The summed E-state index contributed by atoms with van der Waals surface area (Å²) in [7, 11) is 0. The molecule has 2 nitrogen and oxygen atoms in total. The predicted molar refractivity (Wildman–Crippen MR) is 119 cm³/mol. The van der Waals surface area contributed by atoms with Gasteiger partial charge in [0.05, 0.1) is 11.6 Å². The zero-order valence-electron chi connectivity index (χ0n) is 18.7. The van der Waals surface area contributed by atoms with Gasteiger partial charge in [-0.3, -0.25) is 4.79 Å². The number of unbranched alkanes of at least 4 members (excludes halogenated alkanes) is 2. The van der Waals surface area contributed by atoms with E-state index in [1.165, 1.54) is 56.1 Å². The first kappa shape index (κ1) is 24.2. The molecule has 0 radical (unpaired) electrons. The van der Waals surface area contributed by atoms with Crippen LogP contribution in [0.25, 0.3) is 0 Å². The average Bonchev–Trinajstić information content (AvgIpc) is 3.48. The number of carbonyl (C=O) groups is 1. The van der Waals surface area contributed by atoms with Crippen LogP contribution in [0.5, 0.6) is 0 Å². The van der Waals surface area contributed by atoms with Crippen molar-refractivity contribution in [2.75, 3.05) is 0 Å². The Labute approximate surface area is 173 Å². The lowest BCUT2D eigenvalue weighted by Crippen LogP contribution is -2.26. The van der Waals surface area contributed by atoms with Crippen LogP contribution in [0.1, 0.15) is 95.2 Å². The van der Waals surface area contributed by atoms with Crippen molar-refractivity contribution in [3.63, 3.8) is 0 Å². The van der Waals surface area contributed by atoms with Crippen LogP contribution in [-0.4, -0.2) is 5.78 Å². The third kappa shape index (κ3) is 8.01. The maximum Gasteiger partial charge on any atom is 0.133 e. The highest BCUT2D eigenvalue weighted by Crippen LogP contribution is 2.60. The van der Waals surface area contributed by atoms with Crippen molar-refractivity contribution >= 4 is 5.78 Å². The lowest BCUT2D eigenvalue weighted by atomic mass is 9.73. The summed E-state index contributed by atoms with van der Waals surface area (Å²) >= 11 is 0. The normalized spacial score (nSPS) is 19.3. The second-order valence-corrected chi connectivity index (χ2v) is 8.38. The molecule has 2 heteroatoms. The summed E-state index contributed by atoms with van der Waals surface area (Å²) < 4.78 is 0. The van der Waals surface area contributed by atoms with Gasteiger partial charge in [0.25, 0.3) is 0 Å². The molecule has 0 heterocycles. The lowest BCUT2D eigenvalue weighted by Gasteiger charge is -2.31. The van der Waals surface area contributed by atoms with E-state index in [-0.39, 0.29) is 0 Å². The van der Waals surface area contributed by atoms with Crippen LogP contribution in [0.4, 0.5) is 0 Å². The largest absolute Gasteiger partial charge is 0.300 e. The van der Waals surface area contributed by atoms with Gasteiger partial charge in [0.1, 0.15) is 5.78 Å².